The van der Waals surface area contributed by atoms with Crippen molar-refractivity contribution in [3.8, 4) is 17.0 Å². The number of nitrogens with zero attached hydrogens (tertiary/aromatic N) is 2. The molecule has 178 valence electrons. The van der Waals surface area contributed by atoms with Crippen LogP contribution in [0, 0.1) is 26.7 Å². The van der Waals surface area contributed by atoms with Gasteiger partial charge < -0.3 is 20.1 Å². The molecule has 0 spiro atoms. The minimum absolute atomic E-state index is 0.240. The molecule has 34 heavy (non-hydrogen) atoms. The van der Waals surface area contributed by atoms with Crippen molar-refractivity contribution < 1.29 is 9.84 Å². The lowest BCUT2D eigenvalue weighted by atomic mass is 9.89. The fourth-order valence-electron chi connectivity index (χ4n) is 5.34. The van der Waals surface area contributed by atoms with E-state index in [4.69, 9.17) is 9.72 Å². The van der Waals surface area contributed by atoms with Crippen molar-refractivity contribution in [2.75, 3.05) is 31.1 Å². The molecule has 2 aliphatic rings. The summed E-state index contributed by atoms with van der Waals surface area (Å²) >= 11 is 0. The average Bonchev–Trinajstić information content (AvgIpc) is 3.35. The number of fused-ring (bicyclic) bond motifs is 1. The Bertz CT molecular complexity index is 1190. The first-order valence-corrected chi connectivity index (χ1v) is 12.4. The molecule has 0 saturated carbocycles. The highest BCUT2D eigenvalue weighted by molar-refractivity contribution is 5.69. The summed E-state index contributed by atoms with van der Waals surface area (Å²) in [5, 5.41) is 13.0. The molecule has 0 radical (unpaired) electrons. The summed E-state index contributed by atoms with van der Waals surface area (Å²) in [6, 6.07) is 14.8. The van der Waals surface area contributed by atoms with E-state index < -0.39 is 0 Å². The zero-order chi connectivity index (χ0) is 23.7. The number of rotatable bonds is 6. The van der Waals surface area contributed by atoms with Gasteiger partial charge in [0, 0.05) is 37.7 Å². The first kappa shape index (κ1) is 22.9. The third-order valence-corrected chi connectivity index (χ3v) is 7.42. The number of aliphatic hydroxyl groups excluding tert-OH is 1. The number of nitrogens with one attached hydrogen (secondary N) is 1. The van der Waals surface area contributed by atoms with E-state index in [9.17, 15) is 5.11 Å². The van der Waals surface area contributed by atoms with Crippen LogP contribution in [0.3, 0.4) is 0 Å². The van der Waals surface area contributed by atoms with Crippen molar-refractivity contribution in [2.24, 2.45) is 5.92 Å². The number of aromatic nitrogens is 1. The number of benzene rings is 2. The standard InChI is InChI=1S/C29H35N3O2/c1-19-7-8-28(34-18-23-14-20(2)26-15-30-11-9-24(26)21(23)3)25(13-19)27-5-4-6-29(31-27)32-12-10-22(16-32)17-33/h4-8,13-14,22,30,33H,9-12,15-18H2,1-3H3/t22-/m1/s1. The number of hydrogen-bond donors (Lipinski definition) is 2. The Labute approximate surface area is 202 Å². The van der Waals surface area contributed by atoms with Crippen LogP contribution in [0.25, 0.3) is 11.3 Å². The lowest BCUT2D eigenvalue weighted by Crippen LogP contribution is -2.25. The molecule has 0 unspecified atom stereocenters. The van der Waals surface area contributed by atoms with E-state index in [2.05, 4.69) is 73.5 Å². The van der Waals surface area contributed by atoms with Crippen molar-refractivity contribution in [3.05, 3.63) is 75.8 Å². The SMILES string of the molecule is Cc1ccc(OCc2cc(C)c3c(c2C)CCNC3)c(-c2cccc(N3CC[C@@H](CO)C3)n2)c1. The number of anilines is 1. The Morgan fingerprint density at radius 1 is 1.12 bits per heavy atom. The van der Waals surface area contributed by atoms with Gasteiger partial charge in [0.25, 0.3) is 0 Å². The van der Waals surface area contributed by atoms with Crippen LogP contribution in [0.2, 0.25) is 0 Å². The van der Waals surface area contributed by atoms with Crippen LogP contribution >= 0.6 is 0 Å². The van der Waals surface area contributed by atoms with E-state index in [0.29, 0.717) is 12.5 Å². The van der Waals surface area contributed by atoms with Gasteiger partial charge >= 0.3 is 0 Å². The summed E-state index contributed by atoms with van der Waals surface area (Å²) in [5.74, 6) is 2.17. The Kier molecular flexibility index (Phi) is 6.57. The zero-order valence-corrected chi connectivity index (χ0v) is 20.5. The van der Waals surface area contributed by atoms with Gasteiger partial charge in [-0.05, 0) is 92.2 Å². The van der Waals surface area contributed by atoms with E-state index in [1.165, 1.54) is 33.4 Å². The molecule has 1 aromatic heterocycles. The maximum absolute atomic E-state index is 9.52. The maximum Gasteiger partial charge on any atom is 0.129 e. The minimum atomic E-state index is 0.240. The fraction of sp³-hybridized carbons (Fsp3) is 0.414. The van der Waals surface area contributed by atoms with Crippen molar-refractivity contribution in [1.82, 2.24) is 10.3 Å². The number of ether oxygens (including phenoxy) is 1. The van der Waals surface area contributed by atoms with E-state index >= 15 is 0 Å². The summed E-state index contributed by atoms with van der Waals surface area (Å²) in [5.41, 5.74) is 10.0. The normalized spacial score (nSPS) is 17.6. The van der Waals surface area contributed by atoms with Crippen molar-refractivity contribution in [2.45, 2.75) is 46.8 Å². The molecule has 2 aromatic carbocycles. The maximum atomic E-state index is 9.52. The molecular weight excluding hydrogens is 422 g/mol. The van der Waals surface area contributed by atoms with Crippen molar-refractivity contribution in [3.63, 3.8) is 0 Å². The second-order valence-electron chi connectivity index (χ2n) is 9.81. The summed E-state index contributed by atoms with van der Waals surface area (Å²) in [6.07, 6.45) is 2.09. The van der Waals surface area contributed by atoms with E-state index in [0.717, 1.165) is 61.8 Å². The van der Waals surface area contributed by atoms with Gasteiger partial charge in [-0.3, -0.25) is 0 Å². The fourth-order valence-corrected chi connectivity index (χ4v) is 5.34. The van der Waals surface area contributed by atoms with Crippen LogP contribution < -0.4 is 15.0 Å². The van der Waals surface area contributed by atoms with Crippen LogP contribution in [0.1, 0.15) is 39.8 Å². The van der Waals surface area contributed by atoms with Gasteiger partial charge in [0.1, 0.15) is 18.2 Å². The van der Waals surface area contributed by atoms with E-state index in [-0.39, 0.29) is 6.61 Å². The van der Waals surface area contributed by atoms with Crippen molar-refractivity contribution >= 4 is 5.82 Å². The summed E-state index contributed by atoms with van der Waals surface area (Å²) in [6.45, 7) is 11.1. The van der Waals surface area contributed by atoms with Gasteiger partial charge in [-0.25, -0.2) is 4.98 Å². The third kappa shape index (κ3) is 4.55. The minimum Gasteiger partial charge on any atom is -0.488 e. The highest BCUT2D eigenvalue weighted by atomic mass is 16.5. The lowest BCUT2D eigenvalue weighted by Gasteiger charge is -2.24. The lowest BCUT2D eigenvalue weighted by molar-refractivity contribution is 0.238. The Hall–Kier alpha value is -2.89. The monoisotopic (exact) mass is 457 g/mol. The third-order valence-electron chi connectivity index (χ3n) is 7.42. The molecular formula is C29H35N3O2. The quantitative estimate of drug-likeness (QED) is 0.561. The summed E-state index contributed by atoms with van der Waals surface area (Å²) in [7, 11) is 0. The molecule has 1 atom stereocenters. The topological polar surface area (TPSA) is 57.6 Å². The van der Waals surface area contributed by atoms with E-state index in [1.807, 2.05) is 0 Å². The molecule has 5 rings (SSSR count). The van der Waals surface area contributed by atoms with Gasteiger partial charge in [0.05, 0.1) is 5.69 Å². The smallest absolute Gasteiger partial charge is 0.129 e. The molecule has 0 bridgehead atoms. The largest absolute Gasteiger partial charge is 0.488 e. The Balaban J connectivity index is 1.42. The van der Waals surface area contributed by atoms with Gasteiger partial charge in [-0.2, -0.15) is 0 Å². The zero-order valence-electron chi connectivity index (χ0n) is 20.5. The van der Waals surface area contributed by atoms with Crippen LogP contribution in [0.4, 0.5) is 5.82 Å². The van der Waals surface area contributed by atoms with Gasteiger partial charge in [-0.1, -0.05) is 23.8 Å². The molecule has 0 aliphatic carbocycles. The molecule has 3 heterocycles. The van der Waals surface area contributed by atoms with Gasteiger partial charge in [0.15, 0.2) is 0 Å². The van der Waals surface area contributed by atoms with Gasteiger partial charge in [-0.15, -0.1) is 0 Å². The molecule has 2 N–H and O–H groups in total. The molecule has 0 amide bonds. The molecule has 5 heteroatoms. The molecule has 2 aliphatic heterocycles. The van der Waals surface area contributed by atoms with Crippen LogP contribution in [0.15, 0.2) is 42.5 Å². The highest BCUT2D eigenvalue weighted by Gasteiger charge is 2.23. The number of pyridine rings is 1. The Morgan fingerprint density at radius 2 is 2.00 bits per heavy atom. The van der Waals surface area contributed by atoms with Crippen molar-refractivity contribution in [1.29, 1.82) is 0 Å². The van der Waals surface area contributed by atoms with Gasteiger partial charge in [0.2, 0.25) is 0 Å². The average molecular weight is 458 g/mol. The predicted octanol–water partition coefficient (Wildman–Crippen LogP) is 4.72. The van der Waals surface area contributed by atoms with Crippen LogP contribution in [-0.2, 0) is 19.6 Å². The second kappa shape index (κ2) is 9.77. The van der Waals surface area contributed by atoms with Crippen LogP contribution in [0.5, 0.6) is 5.75 Å². The first-order valence-electron chi connectivity index (χ1n) is 12.4. The second-order valence-corrected chi connectivity index (χ2v) is 9.81. The molecule has 3 aromatic rings. The number of aliphatic hydroxyl groups is 1. The summed E-state index contributed by atoms with van der Waals surface area (Å²) < 4.78 is 6.46. The number of aryl methyl sites for hydroxylation is 2. The molecule has 5 nitrogen and oxygen atoms in total. The Morgan fingerprint density at radius 3 is 2.82 bits per heavy atom. The first-order chi connectivity index (χ1) is 16.5. The number of hydrogen-bond acceptors (Lipinski definition) is 5. The molecule has 1 saturated heterocycles. The summed E-state index contributed by atoms with van der Waals surface area (Å²) in [4.78, 5) is 7.27. The predicted molar refractivity (Wildman–Crippen MR) is 137 cm³/mol. The van der Waals surface area contributed by atoms with Crippen LogP contribution in [-0.4, -0.2) is 36.3 Å². The van der Waals surface area contributed by atoms with E-state index in [1.54, 1.807) is 0 Å². The highest BCUT2D eigenvalue weighted by Crippen LogP contribution is 2.33. The molecule has 1 fully saturated rings.